The van der Waals surface area contributed by atoms with Crippen LogP contribution in [0.4, 0.5) is 5.69 Å². The van der Waals surface area contributed by atoms with Crippen molar-refractivity contribution in [3.05, 3.63) is 29.3 Å². The number of hydrogen-bond acceptors (Lipinski definition) is 3. The quantitative estimate of drug-likeness (QED) is 0.868. The van der Waals surface area contributed by atoms with Gasteiger partial charge in [-0.2, -0.15) is 5.26 Å². The summed E-state index contributed by atoms with van der Waals surface area (Å²) < 4.78 is 0. The molecule has 94 valence electrons. The number of fused-ring (bicyclic) bond motifs is 1. The number of amides is 1. The number of rotatable bonds is 4. The van der Waals surface area contributed by atoms with Crippen LogP contribution in [0.3, 0.4) is 0 Å². The maximum absolute atomic E-state index is 11.9. The normalized spacial score (nSPS) is 14.2. The molecule has 18 heavy (non-hydrogen) atoms. The van der Waals surface area contributed by atoms with Gasteiger partial charge in [0.05, 0.1) is 12.5 Å². The van der Waals surface area contributed by atoms with Crippen LogP contribution < -0.4 is 10.6 Å². The summed E-state index contributed by atoms with van der Waals surface area (Å²) in [5.41, 5.74) is 8.92. The molecule has 0 radical (unpaired) electrons. The van der Waals surface area contributed by atoms with Gasteiger partial charge >= 0.3 is 0 Å². The Morgan fingerprint density at radius 1 is 1.39 bits per heavy atom. The topological polar surface area (TPSA) is 70.1 Å². The van der Waals surface area contributed by atoms with Crippen LogP contribution in [0, 0.1) is 11.3 Å². The Kier molecular flexibility index (Phi) is 3.96. The van der Waals surface area contributed by atoms with Gasteiger partial charge in [-0.1, -0.05) is 12.1 Å². The fourth-order valence-electron chi connectivity index (χ4n) is 2.34. The van der Waals surface area contributed by atoms with E-state index in [1.807, 2.05) is 12.1 Å². The second kappa shape index (κ2) is 5.65. The molecule has 0 spiro atoms. The lowest BCUT2D eigenvalue weighted by Gasteiger charge is -2.29. The molecule has 0 fully saturated rings. The molecule has 0 saturated carbocycles. The van der Waals surface area contributed by atoms with Gasteiger partial charge in [-0.15, -0.1) is 0 Å². The van der Waals surface area contributed by atoms with Crippen molar-refractivity contribution >= 4 is 11.6 Å². The minimum Gasteiger partial charge on any atom is -0.330 e. The lowest BCUT2D eigenvalue weighted by atomic mass is 9.97. The van der Waals surface area contributed by atoms with Crippen molar-refractivity contribution < 1.29 is 4.79 Å². The maximum atomic E-state index is 11.9. The molecule has 0 aromatic heterocycles. The summed E-state index contributed by atoms with van der Waals surface area (Å²) in [6.45, 7) is 1.12. The summed E-state index contributed by atoms with van der Waals surface area (Å²) in [6, 6.07) is 8.22. The molecule has 1 aromatic carbocycles. The smallest absolute Gasteiger partial charge is 0.227 e. The third-order valence-corrected chi connectivity index (χ3v) is 3.22. The molecule has 4 nitrogen and oxygen atoms in total. The molecule has 0 bridgehead atoms. The van der Waals surface area contributed by atoms with E-state index in [9.17, 15) is 4.79 Å². The molecular formula is C14H17N3O. The summed E-state index contributed by atoms with van der Waals surface area (Å²) >= 11 is 0. The predicted octanol–water partition coefficient (Wildman–Crippen LogP) is 1.38. The number of hydrogen-bond donors (Lipinski definition) is 1. The first-order valence-corrected chi connectivity index (χ1v) is 6.25. The molecule has 1 amide bonds. The van der Waals surface area contributed by atoms with Crippen molar-refractivity contribution in [1.82, 2.24) is 0 Å². The van der Waals surface area contributed by atoms with E-state index in [2.05, 4.69) is 12.1 Å². The highest BCUT2D eigenvalue weighted by molar-refractivity contribution is 5.96. The lowest BCUT2D eigenvalue weighted by molar-refractivity contribution is -0.118. The van der Waals surface area contributed by atoms with Crippen molar-refractivity contribution in [2.45, 2.75) is 25.7 Å². The van der Waals surface area contributed by atoms with Gasteiger partial charge in [0.15, 0.2) is 0 Å². The van der Waals surface area contributed by atoms with E-state index >= 15 is 0 Å². The van der Waals surface area contributed by atoms with E-state index < -0.39 is 0 Å². The third-order valence-electron chi connectivity index (χ3n) is 3.22. The SMILES string of the molecule is N#CCCN1C(=O)CCc2cc(CCN)ccc21. The zero-order valence-electron chi connectivity index (χ0n) is 10.4. The van der Waals surface area contributed by atoms with Crippen LogP contribution in [0.15, 0.2) is 18.2 Å². The first-order chi connectivity index (χ1) is 8.76. The van der Waals surface area contributed by atoms with E-state index in [1.165, 1.54) is 11.1 Å². The number of benzene rings is 1. The zero-order valence-corrected chi connectivity index (χ0v) is 10.4. The number of nitriles is 1. The molecule has 0 aliphatic carbocycles. The Balaban J connectivity index is 2.27. The van der Waals surface area contributed by atoms with Crippen LogP contribution >= 0.6 is 0 Å². The first kappa shape index (κ1) is 12.6. The minimum absolute atomic E-state index is 0.115. The summed E-state index contributed by atoms with van der Waals surface area (Å²) in [4.78, 5) is 13.6. The Morgan fingerprint density at radius 3 is 2.94 bits per heavy atom. The number of anilines is 1. The molecular weight excluding hydrogens is 226 g/mol. The van der Waals surface area contributed by atoms with Gasteiger partial charge in [0.1, 0.15) is 0 Å². The fourth-order valence-corrected chi connectivity index (χ4v) is 2.34. The molecule has 2 rings (SSSR count). The van der Waals surface area contributed by atoms with Gasteiger partial charge in [-0.05, 0) is 36.6 Å². The van der Waals surface area contributed by atoms with Crippen molar-refractivity contribution in [1.29, 1.82) is 5.26 Å². The van der Waals surface area contributed by atoms with Crippen LogP contribution in [0.1, 0.15) is 24.0 Å². The van der Waals surface area contributed by atoms with Gasteiger partial charge < -0.3 is 10.6 Å². The molecule has 1 aliphatic rings. The summed E-state index contributed by atoms with van der Waals surface area (Å²) in [6.07, 6.45) is 2.55. The van der Waals surface area contributed by atoms with Crippen LogP contribution in [0.2, 0.25) is 0 Å². The second-order valence-corrected chi connectivity index (χ2v) is 4.46. The van der Waals surface area contributed by atoms with Crippen LogP contribution in [0.5, 0.6) is 0 Å². The van der Waals surface area contributed by atoms with Gasteiger partial charge in [-0.25, -0.2) is 0 Å². The first-order valence-electron chi connectivity index (χ1n) is 6.25. The number of nitrogens with two attached hydrogens (primary N) is 1. The number of aryl methyl sites for hydroxylation is 1. The van der Waals surface area contributed by atoms with Gasteiger partial charge in [0.2, 0.25) is 5.91 Å². The average Bonchev–Trinajstić information content (AvgIpc) is 2.38. The Bertz CT molecular complexity index is 490. The van der Waals surface area contributed by atoms with E-state index in [1.54, 1.807) is 4.90 Å². The molecule has 0 atom stereocenters. The van der Waals surface area contributed by atoms with E-state index in [0.29, 0.717) is 25.9 Å². The van der Waals surface area contributed by atoms with Crippen LogP contribution in [-0.2, 0) is 17.6 Å². The molecule has 1 aliphatic heterocycles. The number of nitrogens with zero attached hydrogens (tertiary/aromatic N) is 2. The molecule has 4 heteroatoms. The summed E-state index contributed by atoms with van der Waals surface area (Å²) in [5, 5.41) is 8.64. The van der Waals surface area contributed by atoms with Crippen LogP contribution in [0.25, 0.3) is 0 Å². The highest BCUT2D eigenvalue weighted by Crippen LogP contribution is 2.28. The molecule has 1 aromatic rings. The Labute approximate surface area is 107 Å². The standard InChI is InChI=1S/C14H17N3O/c15-7-1-9-17-13-4-2-11(6-8-16)10-12(13)3-5-14(17)18/h2,4,10H,1,3,5-6,8-9,16H2. The van der Waals surface area contributed by atoms with Crippen molar-refractivity contribution in [2.75, 3.05) is 18.0 Å². The monoisotopic (exact) mass is 243 g/mol. The average molecular weight is 243 g/mol. The zero-order chi connectivity index (χ0) is 13.0. The predicted molar refractivity (Wildman–Crippen MR) is 70.1 cm³/mol. The van der Waals surface area contributed by atoms with Crippen molar-refractivity contribution in [3.63, 3.8) is 0 Å². The van der Waals surface area contributed by atoms with E-state index in [-0.39, 0.29) is 5.91 Å². The van der Waals surface area contributed by atoms with Gasteiger partial charge in [-0.3, -0.25) is 4.79 Å². The van der Waals surface area contributed by atoms with E-state index in [0.717, 1.165) is 18.5 Å². The van der Waals surface area contributed by atoms with E-state index in [4.69, 9.17) is 11.0 Å². The van der Waals surface area contributed by atoms with Crippen LogP contribution in [-0.4, -0.2) is 19.0 Å². The van der Waals surface area contributed by atoms with Gasteiger partial charge in [0, 0.05) is 18.7 Å². The minimum atomic E-state index is 0.115. The third kappa shape index (κ3) is 2.52. The molecule has 1 heterocycles. The van der Waals surface area contributed by atoms with Crippen molar-refractivity contribution in [3.8, 4) is 6.07 Å². The molecule has 2 N–H and O–H groups in total. The second-order valence-electron chi connectivity index (χ2n) is 4.46. The lowest BCUT2D eigenvalue weighted by Crippen LogP contribution is -2.35. The Morgan fingerprint density at radius 2 is 2.22 bits per heavy atom. The summed E-state index contributed by atoms with van der Waals surface area (Å²) in [5.74, 6) is 0.115. The van der Waals surface area contributed by atoms with Crippen molar-refractivity contribution in [2.24, 2.45) is 5.73 Å². The summed E-state index contributed by atoms with van der Waals surface area (Å²) in [7, 11) is 0. The molecule has 0 unspecified atom stereocenters. The molecule has 0 saturated heterocycles. The van der Waals surface area contributed by atoms with Gasteiger partial charge in [0.25, 0.3) is 0 Å². The Hall–Kier alpha value is -1.86. The highest BCUT2D eigenvalue weighted by atomic mass is 16.2. The maximum Gasteiger partial charge on any atom is 0.227 e. The highest BCUT2D eigenvalue weighted by Gasteiger charge is 2.23. The fraction of sp³-hybridized carbons (Fsp3) is 0.429. The largest absolute Gasteiger partial charge is 0.330 e. The number of carbonyl (C=O) groups is 1. The number of carbonyl (C=O) groups excluding carboxylic acids is 1.